The Bertz CT molecular complexity index is 189. The second-order valence-corrected chi connectivity index (χ2v) is 4.20. The highest BCUT2D eigenvalue weighted by atomic mass is 19.1. The van der Waals surface area contributed by atoms with Crippen molar-refractivity contribution in [1.29, 1.82) is 0 Å². The molecule has 0 aliphatic carbocycles. The van der Waals surface area contributed by atoms with Crippen LogP contribution in [0, 0.1) is 5.92 Å². The van der Waals surface area contributed by atoms with E-state index in [4.69, 9.17) is 0 Å². The van der Waals surface area contributed by atoms with E-state index >= 15 is 0 Å². The van der Waals surface area contributed by atoms with Crippen molar-refractivity contribution in [2.45, 2.75) is 45.3 Å². The Morgan fingerprint density at radius 3 is 2.67 bits per heavy atom. The Labute approximate surface area is 72.5 Å². The molecule has 0 radical (unpaired) electrons. The van der Waals surface area contributed by atoms with Crippen molar-refractivity contribution < 1.29 is 9.18 Å². The quantitative estimate of drug-likeness (QED) is 0.676. The zero-order chi connectivity index (χ0) is 9.35. The van der Waals surface area contributed by atoms with Gasteiger partial charge in [0.25, 0.3) is 5.91 Å². The normalized spacial score (nSPS) is 35.8. The minimum Gasteiger partial charge on any atom is -0.350 e. The number of hydrogen-bond donors (Lipinski definition) is 1. The number of carbonyl (C=O) groups excluding carboxylic acids is 1. The summed E-state index contributed by atoms with van der Waals surface area (Å²) in [6.45, 7) is 5.49. The lowest BCUT2D eigenvalue weighted by Crippen LogP contribution is -2.31. The van der Waals surface area contributed by atoms with Crippen LogP contribution in [0.2, 0.25) is 0 Å². The summed E-state index contributed by atoms with van der Waals surface area (Å²) in [4.78, 5) is 11.0. The van der Waals surface area contributed by atoms with Crippen LogP contribution < -0.4 is 5.32 Å². The molecule has 2 atom stereocenters. The molecule has 0 aromatic rings. The van der Waals surface area contributed by atoms with Crippen LogP contribution in [0.4, 0.5) is 4.39 Å². The number of carbonyl (C=O) groups is 1. The third-order valence-electron chi connectivity index (χ3n) is 2.19. The molecule has 0 spiro atoms. The van der Waals surface area contributed by atoms with Crippen LogP contribution in [0.15, 0.2) is 0 Å². The molecule has 1 aliphatic rings. The first kappa shape index (κ1) is 9.49. The van der Waals surface area contributed by atoms with E-state index in [2.05, 4.69) is 19.2 Å². The fourth-order valence-electron chi connectivity index (χ4n) is 1.65. The van der Waals surface area contributed by atoms with Crippen LogP contribution in [-0.4, -0.2) is 17.6 Å². The third-order valence-corrected chi connectivity index (χ3v) is 2.19. The first-order valence-electron chi connectivity index (χ1n) is 4.41. The average Bonchev–Trinajstić information content (AvgIpc) is 2.04. The van der Waals surface area contributed by atoms with Gasteiger partial charge in [0.1, 0.15) is 0 Å². The maximum Gasteiger partial charge on any atom is 0.257 e. The van der Waals surface area contributed by atoms with Crippen LogP contribution in [0.5, 0.6) is 0 Å². The van der Waals surface area contributed by atoms with Crippen molar-refractivity contribution in [3.05, 3.63) is 0 Å². The standard InChI is InChI=1S/C9H16FNO/c1-6(2)4-7-5-9(3,10)8(12)11-7/h6-7H,4-5H2,1-3H3,(H,11,12)/t7-,9?/m0/s1. The van der Waals surface area contributed by atoms with E-state index in [9.17, 15) is 9.18 Å². The number of halogens is 1. The molecule has 0 saturated carbocycles. The van der Waals surface area contributed by atoms with Gasteiger partial charge >= 0.3 is 0 Å². The molecule has 1 unspecified atom stereocenters. The average molecular weight is 173 g/mol. The topological polar surface area (TPSA) is 29.1 Å². The van der Waals surface area contributed by atoms with Gasteiger partial charge in [-0.25, -0.2) is 4.39 Å². The van der Waals surface area contributed by atoms with Gasteiger partial charge in [-0.2, -0.15) is 0 Å². The molecule has 2 nitrogen and oxygen atoms in total. The van der Waals surface area contributed by atoms with Gasteiger partial charge in [0.15, 0.2) is 5.67 Å². The third kappa shape index (κ3) is 1.96. The van der Waals surface area contributed by atoms with Crippen molar-refractivity contribution in [3.63, 3.8) is 0 Å². The Kier molecular flexibility index (Phi) is 2.40. The summed E-state index contributed by atoms with van der Waals surface area (Å²) < 4.78 is 13.3. The number of nitrogens with one attached hydrogen (secondary N) is 1. The summed E-state index contributed by atoms with van der Waals surface area (Å²) in [5.41, 5.74) is -1.64. The Morgan fingerprint density at radius 2 is 2.33 bits per heavy atom. The summed E-state index contributed by atoms with van der Waals surface area (Å²) in [7, 11) is 0. The smallest absolute Gasteiger partial charge is 0.257 e. The van der Waals surface area contributed by atoms with E-state index in [1.54, 1.807) is 0 Å². The largest absolute Gasteiger partial charge is 0.350 e. The molecule has 1 N–H and O–H groups in total. The number of rotatable bonds is 2. The zero-order valence-corrected chi connectivity index (χ0v) is 7.86. The lowest BCUT2D eigenvalue weighted by Gasteiger charge is -2.12. The molecule has 1 saturated heterocycles. The maximum absolute atomic E-state index is 13.3. The highest BCUT2D eigenvalue weighted by Crippen LogP contribution is 2.27. The van der Waals surface area contributed by atoms with Gasteiger partial charge < -0.3 is 5.32 Å². The molecule has 0 aromatic carbocycles. The summed E-state index contributed by atoms with van der Waals surface area (Å²) in [5.74, 6) is 0.0531. The predicted octanol–water partition coefficient (Wildman–Crippen LogP) is 1.65. The molecular weight excluding hydrogens is 157 g/mol. The molecule has 1 fully saturated rings. The van der Waals surface area contributed by atoms with Gasteiger partial charge in [-0.15, -0.1) is 0 Å². The Balaban J connectivity index is 2.50. The van der Waals surface area contributed by atoms with Crippen LogP contribution >= 0.6 is 0 Å². The summed E-state index contributed by atoms with van der Waals surface area (Å²) in [6.07, 6.45) is 1.19. The zero-order valence-electron chi connectivity index (χ0n) is 7.86. The molecule has 0 aromatic heterocycles. The lowest BCUT2D eigenvalue weighted by molar-refractivity contribution is -0.128. The molecule has 12 heavy (non-hydrogen) atoms. The molecule has 1 aliphatic heterocycles. The number of alkyl halides is 1. The minimum atomic E-state index is -1.64. The van der Waals surface area contributed by atoms with Crippen molar-refractivity contribution in [2.75, 3.05) is 0 Å². The fraction of sp³-hybridized carbons (Fsp3) is 0.889. The van der Waals surface area contributed by atoms with E-state index in [-0.39, 0.29) is 6.04 Å². The summed E-state index contributed by atoms with van der Waals surface area (Å²) >= 11 is 0. The maximum atomic E-state index is 13.3. The van der Waals surface area contributed by atoms with Crippen LogP contribution in [-0.2, 0) is 4.79 Å². The van der Waals surface area contributed by atoms with Crippen molar-refractivity contribution in [1.82, 2.24) is 5.32 Å². The molecule has 1 heterocycles. The second-order valence-electron chi connectivity index (χ2n) is 4.20. The van der Waals surface area contributed by atoms with E-state index in [0.29, 0.717) is 12.3 Å². The van der Waals surface area contributed by atoms with Gasteiger partial charge in [0.05, 0.1) is 0 Å². The predicted molar refractivity (Wildman–Crippen MR) is 45.5 cm³/mol. The van der Waals surface area contributed by atoms with E-state index in [1.807, 2.05) is 0 Å². The second kappa shape index (κ2) is 3.04. The molecule has 1 amide bonds. The number of hydrogen-bond acceptors (Lipinski definition) is 1. The van der Waals surface area contributed by atoms with E-state index in [1.165, 1.54) is 6.92 Å². The van der Waals surface area contributed by atoms with Crippen molar-refractivity contribution in [3.8, 4) is 0 Å². The molecule has 1 rings (SSSR count). The fourth-order valence-corrected chi connectivity index (χ4v) is 1.65. The van der Waals surface area contributed by atoms with E-state index in [0.717, 1.165) is 6.42 Å². The number of amides is 1. The highest BCUT2D eigenvalue weighted by molar-refractivity contribution is 5.87. The SMILES string of the molecule is CC(C)C[C@H]1CC(C)(F)C(=O)N1. The van der Waals surface area contributed by atoms with Gasteiger partial charge in [-0.3, -0.25) is 4.79 Å². The Hall–Kier alpha value is -0.600. The van der Waals surface area contributed by atoms with Crippen LogP contribution in [0.1, 0.15) is 33.6 Å². The minimum absolute atomic E-state index is 0.0347. The lowest BCUT2D eigenvalue weighted by atomic mass is 9.98. The van der Waals surface area contributed by atoms with Gasteiger partial charge in [-0.1, -0.05) is 13.8 Å². The van der Waals surface area contributed by atoms with Gasteiger partial charge in [0.2, 0.25) is 0 Å². The summed E-state index contributed by atoms with van der Waals surface area (Å²) in [6, 6.07) is 0.0347. The first-order chi connectivity index (χ1) is 5.42. The van der Waals surface area contributed by atoms with Gasteiger partial charge in [0, 0.05) is 12.5 Å². The molecule has 70 valence electrons. The monoisotopic (exact) mass is 173 g/mol. The van der Waals surface area contributed by atoms with Gasteiger partial charge in [-0.05, 0) is 19.3 Å². The van der Waals surface area contributed by atoms with Crippen molar-refractivity contribution in [2.24, 2.45) is 5.92 Å². The first-order valence-corrected chi connectivity index (χ1v) is 4.41. The molecule has 0 bridgehead atoms. The molecule has 3 heteroatoms. The summed E-state index contributed by atoms with van der Waals surface area (Å²) in [5, 5.41) is 2.66. The molecular formula is C9H16FNO. The van der Waals surface area contributed by atoms with E-state index < -0.39 is 11.6 Å². The highest BCUT2D eigenvalue weighted by Gasteiger charge is 2.43. The Morgan fingerprint density at radius 1 is 1.75 bits per heavy atom. The van der Waals surface area contributed by atoms with Crippen LogP contribution in [0.3, 0.4) is 0 Å². The van der Waals surface area contributed by atoms with Crippen LogP contribution in [0.25, 0.3) is 0 Å². The van der Waals surface area contributed by atoms with Crippen molar-refractivity contribution >= 4 is 5.91 Å².